The summed E-state index contributed by atoms with van der Waals surface area (Å²) in [5, 5.41) is 0. The molecule has 0 amide bonds. The van der Waals surface area contributed by atoms with Crippen LogP contribution in [-0.2, 0) is 6.54 Å². The number of hydrogen-bond acceptors (Lipinski definition) is 4. The zero-order chi connectivity index (χ0) is 14.4. The molecule has 1 aromatic heterocycles. The number of hydrogen-bond donors (Lipinski definition) is 1. The number of aromatic nitrogens is 1. The molecule has 1 aromatic rings. The van der Waals surface area contributed by atoms with Crippen molar-refractivity contribution in [2.75, 3.05) is 20.2 Å². The first kappa shape index (κ1) is 15.3. The monoisotopic (exact) mass is 277 g/mol. The molecule has 4 nitrogen and oxygen atoms in total. The second-order valence-electron chi connectivity index (χ2n) is 5.73. The van der Waals surface area contributed by atoms with Gasteiger partial charge in [-0.3, -0.25) is 4.90 Å². The third kappa shape index (κ3) is 3.30. The topological polar surface area (TPSA) is 51.4 Å². The summed E-state index contributed by atoms with van der Waals surface area (Å²) in [6.07, 6.45) is 6.17. The fourth-order valence-corrected chi connectivity index (χ4v) is 3.29. The van der Waals surface area contributed by atoms with E-state index in [4.69, 9.17) is 10.5 Å². The molecule has 4 heteroatoms. The number of rotatable bonds is 7. The van der Waals surface area contributed by atoms with Gasteiger partial charge < -0.3 is 10.5 Å². The molecule has 0 aliphatic heterocycles. The standard InChI is InChI=1S/C16H27N3O/c1-3-11-19(16(13-17)9-4-5-10-16)12-14-7-6-8-15(18-14)20-2/h6-8H,3-5,9-13,17H2,1-2H3. The van der Waals surface area contributed by atoms with Crippen LogP contribution in [-0.4, -0.2) is 35.6 Å². The van der Waals surface area contributed by atoms with Crippen molar-refractivity contribution in [1.29, 1.82) is 0 Å². The fraction of sp³-hybridized carbons (Fsp3) is 0.688. The Morgan fingerprint density at radius 2 is 2.10 bits per heavy atom. The van der Waals surface area contributed by atoms with E-state index in [2.05, 4.69) is 22.9 Å². The lowest BCUT2D eigenvalue weighted by molar-refractivity contribution is 0.0887. The van der Waals surface area contributed by atoms with Crippen molar-refractivity contribution in [2.24, 2.45) is 5.73 Å². The first-order valence-corrected chi connectivity index (χ1v) is 7.69. The summed E-state index contributed by atoms with van der Waals surface area (Å²) in [6, 6.07) is 5.97. The molecule has 1 aliphatic carbocycles. The molecule has 1 fully saturated rings. The van der Waals surface area contributed by atoms with Gasteiger partial charge in [0.05, 0.1) is 12.8 Å². The Balaban J connectivity index is 2.15. The van der Waals surface area contributed by atoms with Gasteiger partial charge in [0.1, 0.15) is 0 Å². The van der Waals surface area contributed by atoms with Crippen molar-refractivity contribution in [3.05, 3.63) is 23.9 Å². The van der Waals surface area contributed by atoms with Crippen LogP contribution in [0.15, 0.2) is 18.2 Å². The third-order valence-electron chi connectivity index (χ3n) is 4.42. The molecule has 1 heterocycles. The molecule has 112 valence electrons. The number of nitrogens with two attached hydrogens (primary N) is 1. The van der Waals surface area contributed by atoms with Gasteiger partial charge in [0.2, 0.25) is 5.88 Å². The number of nitrogens with zero attached hydrogens (tertiary/aromatic N) is 2. The van der Waals surface area contributed by atoms with Gasteiger partial charge in [-0.2, -0.15) is 0 Å². The Bertz CT molecular complexity index is 416. The van der Waals surface area contributed by atoms with Crippen molar-refractivity contribution in [3.8, 4) is 5.88 Å². The summed E-state index contributed by atoms with van der Waals surface area (Å²) in [7, 11) is 1.66. The molecule has 0 radical (unpaired) electrons. The minimum absolute atomic E-state index is 0.181. The van der Waals surface area contributed by atoms with Gasteiger partial charge in [0.25, 0.3) is 0 Å². The van der Waals surface area contributed by atoms with Gasteiger partial charge in [0.15, 0.2) is 0 Å². The minimum atomic E-state index is 0.181. The first-order chi connectivity index (χ1) is 9.74. The molecule has 1 aliphatic rings. The van der Waals surface area contributed by atoms with Crippen LogP contribution in [0.3, 0.4) is 0 Å². The maximum atomic E-state index is 6.12. The van der Waals surface area contributed by atoms with E-state index < -0.39 is 0 Å². The van der Waals surface area contributed by atoms with Crippen LogP contribution >= 0.6 is 0 Å². The van der Waals surface area contributed by atoms with Gasteiger partial charge in [0, 0.05) is 24.7 Å². The van der Waals surface area contributed by atoms with Crippen LogP contribution < -0.4 is 10.5 Å². The van der Waals surface area contributed by atoms with Gasteiger partial charge >= 0.3 is 0 Å². The van der Waals surface area contributed by atoms with Crippen LogP contribution in [0.25, 0.3) is 0 Å². The fourth-order valence-electron chi connectivity index (χ4n) is 3.29. The van der Waals surface area contributed by atoms with Crippen LogP contribution in [0, 0.1) is 0 Å². The highest BCUT2D eigenvalue weighted by molar-refractivity contribution is 5.16. The molecule has 0 bridgehead atoms. The van der Waals surface area contributed by atoms with E-state index in [0.717, 1.165) is 31.7 Å². The van der Waals surface area contributed by atoms with Crippen LogP contribution in [0.5, 0.6) is 5.88 Å². The predicted octanol–water partition coefficient (Wildman–Crippen LogP) is 2.57. The van der Waals surface area contributed by atoms with Crippen molar-refractivity contribution >= 4 is 0 Å². The Hall–Kier alpha value is -1.13. The number of methoxy groups -OCH3 is 1. The van der Waals surface area contributed by atoms with E-state index in [9.17, 15) is 0 Å². The molecule has 0 unspecified atom stereocenters. The van der Waals surface area contributed by atoms with Crippen LogP contribution in [0.2, 0.25) is 0 Å². The molecule has 0 saturated heterocycles. The molecular weight excluding hydrogens is 250 g/mol. The summed E-state index contributed by atoms with van der Waals surface area (Å²) in [4.78, 5) is 7.09. The highest BCUT2D eigenvalue weighted by Crippen LogP contribution is 2.35. The Kier molecular flexibility index (Phi) is 5.38. The van der Waals surface area contributed by atoms with Crippen molar-refractivity contribution < 1.29 is 4.74 Å². The first-order valence-electron chi connectivity index (χ1n) is 7.69. The lowest BCUT2D eigenvalue weighted by Crippen LogP contribution is -2.51. The largest absolute Gasteiger partial charge is 0.481 e. The zero-order valence-corrected chi connectivity index (χ0v) is 12.8. The van der Waals surface area contributed by atoms with Gasteiger partial charge in [-0.15, -0.1) is 0 Å². The van der Waals surface area contributed by atoms with Gasteiger partial charge in [-0.05, 0) is 31.9 Å². The molecule has 2 rings (SSSR count). The Morgan fingerprint density at radius 1 is 1.35 bits per heavy atom. The maximum absolute atomic E-state index is 6.12. The van der Waals surface area contributed by atoms with Crippen molar-refractivity contribution in [1.82, 2.24) is 9.88 Å². The van der Waals surface area contributed by atoms with Crippen molar-refractivity contribution in [2.45, 2.75) is 51.1 Å². The number of pyridine rings is 1. The molecule has 0 spiro atoms. The van der Waals surface area contributed by atoms with E-state index in [1.807, 2.05) is 12.1 Å². The SMILES string of the molecule is CCCN(Cc1cccc(OC)n1)C1(CN)CCCC1. The second kappa shape index (κ2) is 7.04. The van der Waals surface area contributed by atoms with Gasteiger partial charge in [-0.25, -0.2) is 4.98 Å². The maximum Gasteiger partial charge on any atom is 0.213 e. The second-order valence-corrected chi connectivity index (χ2v) is 5.73. The molecule has 0 aromatic carbocycles. The summed E-state index contributed by atoms with van der Waals surface area (Å²) < 4.78 is 5.22. The van der Waals surface area contributed by atoms with E-state index in [-0.39, 0.29) is 5.54 Å². The van der Waals surface area contributed by atoms with E-state index in [1.54, 1.807) is 7.11 Å². The highest BCUT2D eigenvalue weighted by Gasteiger charge is 2.37. The third-order valence-corrected chi connectivity index (χ3v) is 4.42. The normalized spacial score (nSPS) is 17.6. The zero-order valence-electron chi connectivity index (χ0n) is 12.8. The van der Waals surface area contributed by atoms with E-state index in [1.165, 1.54) is 25.7 Å². The predicted molar refractivity (Wildman–Crippen MR) is 81.7 cm³/mol. The summed E-state index contributed by atoms with van der Waals surface area (Å²) >= 11 is 0. The highest BCUT2D eigenvalue weighted by atomic mass is 16.5. The smallest absolute Gasteiger partial charge is 0.213 e. The lowest BCUT2D eigenvalue weighted by atomic mass is 9.94. The Morgan fingerprint density at radius 3 is 2.70 bits per heavy atom. The van der Waals surface area contributed by atoms with E-state index >= 15 is 0 Å². The quantitative estimate of drug-likeness (QED) is 0.832. The lowest BCUT2D eigenvalue weighted by Gasteiger charge is -2.40. The number of ether oxygens (including phenoxy) is 1. The summed E-state index contributed by atoms with van der Waals surface area (Å²) in [5.74, 6) is 0.687. The molecule has 20 heavy (non-hydrogen) atoms. The van der Waals surface area contributed by atoms with E-state index in [0.29, 0.717) is 5.88 Å². The summed E-state index contributed by atoms with van der Waals surface area (Å²) in [6.45, 7) is 4.92. The molecular formula is C16H27N3O. The summed E-state index contributed by atoms with van der Waals surface area (Å²) in [5.41, 5.74) is 7.37. The molecule has 1 saturated carbocycles. The molecule has 2 N–H and O–H groups in total. The Labute approximate surface area is 122 Å². The average Bonchev–Trinajstić information content (AvgIpc) is 2.97. The minimum Gasteiger partial charge on any atom is -0.481 e. The van der Waals surface area contributed by atoms with Crippen molar-refractivity contribution in [3.63, 3.8) is 0 Å². The van der Waals surface area contributed by atoms with Gasteiger partial charge in [-0.1, -0.05) is 25.8 Å². The molecule has 0 atom stereocenters. The average molecular weight is 277 g/mol. The van der Waals surface area contributed by atoms with Crippen LogP contribution in [0.4, 0.5) is 0 Å². The van der Waals surface area contributed by atoms with Crippen LogP contribution in [0.1, 0.15) is 44.7 Å².